The molecule has 0 aliphatic heterocycles. The van der Waals surface area contributed by atoms with Gasteiger partial charge < -0.3 is 14.8 Å². The Balaban J connectivity index is 1.98. The first kappa shape index (κ1) is 20.2. The monoisotopic (exact) mass is 467 g/mol. The highest BCUT2D eigenvalue weighted by Crippen LogP contribution is 2.29. The maximum Gasteiger partial charge on any atom is 0.224 e. The third-order valence-electron chi connectivity index (χ3n) is 3.58. The van der Waals surface area contributed by atoms with Crippen molar-refractivity contribution in [2.45, 2.75) is 26.7 Å². The number of hydrogen-bond acceptors (Lipinski definition) is 4. The van der Waals surface area contributed by atoms with Gasteiger partial charge in [0, 0.05) is 28.0 Å². The van der Waals surface area contributed by atoms with Crippen LogP contribution < -0.4 is 14.8 Å². The van der Waals surface area contributed by atoms with Gasteiger partial charge in [-0.15, -0.1) is 0 Å². The van der Waals surface area contributed by atoms with Gasteiger partial charge in [0.1, 0.15) is 11.5 Å². The van der Waals surface area contributed by atoms with Crippen molar-refractivity contribution in [1.82, 2.24) is 0 Å². The van der Waals surface area contributed by atoms with E-state index in [2.05, 4.69) is 27.9 Å². The first-order valence-corrected chi connectivity index (χ1v) is 9.59. The zero-order valence-electron chi connectivity index (χ0n) is 14.9. The van der Waals surface area contributed by atoms with Crippen molar-refractivity contribution in [3.05, 3.63) is 51.6 Å². The summed E-state index contributed by atoms with van der Waals surface area (Å²) in [5.74, 6) is 0.942. The lowest BCUT2D eigenvalue weighted by Crippen LogP contribution is -2.14. The van der Waals surface area contributed by atoms with Crippen molar-refractivity contribution < 1.29 is 19.1 Å². The number of amides is 1. The van der Waals surface area contributed by atoms with E-state index in [4.69, 9.17) is 9.47 Å². The molecule has 1 N–H and O–H groups in total. The van der Waals surface area contributed by atoms with E-state index in [0.717, 1.165) is 3.57 Å². The number of benzene rings is 2. The first-order valence-electron chi connectivity index (χ1n) is 8.51. The zero-order chi connectivity index (χ0) is 18.9. The Hall–Kier alpha value is -2.09. The number of rotatable bonds is 9. The largest absolute Gasteiger partial charge is 0.494 e. The summed E-state index contributed by atoms with van der Waals surface area (Å²) in [5.41, 5.74) is 1.16. The molecule has 0 heterocycles. The Labute approximate surface area is 167 Å². The molecule has 0 aromatic heterocycles. The van der Waals surface area contributed by atoms with Crippen LogP contribution in [-0.2, 0) is 4.79 Å². The van der Waals surface area contributed by atoms with Crippen LogP contribution in [0.4, 0.5) is 5.69 Å². The minimum Gasteiger partial charge on any atom is -0.494 e. The molecule has 0 fully saturated rings. The molecule has 6 heteroatoms. The van der Waals surface area contributed by atoms with E-state index in [0.29, 0.717) is 36.0 Å². The fourth-order valence-electron chi connectivity index (χ4n) is 2.36. The summed E-state index contributed by atoms with van der Waals surface area (Å²) in [5, 5.41) is 2.81. The van der Waals surface area contributed by atoms with E-state index >= 15 is 0 Å². The molecule has 2 rings (SSSR count). The lowest BCUT2D eigenvalue weighted by molar-refractivity contribution is -0.116. The summed E-state index contributed by atoms with van der Waals surface area (Å²) in [7, 11) is 0. The molecule has 0 saturated heterocycles. The second-order valence-electron chi connectivity index (χ2n) is 5.50. The summed E-state index contributed by atoms with van der Waals surface area (Å²) in [6.07, 6.45) is 0.261. The molecule has 26 heavy (non-hydrogen) atoms. The van der Waals surface area contributed by atoms with Crippen LogP contribution in [-0.4, -0.2) is 24.9 Å². The van der Waals surface area contributed by atoms with Crippen LogP contribution in [0, 0.1) is 3.57 Å². The average molecular weight is 467 g/mol. The Bertz CT molecular complexity index is 759. The standard InChI is InChI=1S/C20H22INO4/c1-3-25-16-9-11-19(26-4-2)17(13-16)22-20(24)12-10-18(23)14-5-7-15(21)8-6-14/h5-9,11,13H,3-4,10,12H2,1-2H3,(H,22,24). The van der Waals surface area contributed by atoms with Gasteiger partial charge in [0.05, 0.1) is 18.9 Å². The van der Waals surface area contributed by atoms with Gasteiger partial charge in [0.25, 0.3) is 0 Å². The molecule has 0 atom stereocenters. The molecule has 5 nitrogen and oxygen atoms in total. The van der Waals surface area contributed by atoms with Gasteiger partial charge in [0.2, 0.25) is 5.91 Å². The van der Waals surface area contributed by atoms with Crippen LogP contribution in [0.5, 0.6) is 11.5 Å². The van der Waals surface area contributed by atoms with Crippen molar-refractivity contribution in [3.63, 3.8) is 0 Å². The second-order valence-corrected chi connectivity index (χ2v) is 6.75. The first-order chi connectivity index (χ1) is 12.5. The smallest absolute Gasteiger partial charge is 0.224 e. The molecule has 2 aromatic rings. The van der Waals surface area contributed by atoms with E-state index in [1.807, 2.05) is 26.0 Å². The third kappa shape index (κ3) is 6.01. The van der Waals surface area contributed by atoms with Crippen molar-refractivity contribution in [2.75, 3.05) is 18.5 Å². The normalized spacial score (nSPS) is 10.3. The second kappa shape index (κ2) is 10.2. The van der Waals surface area contributed by atoms with Gasteiger partial charge in [0.15, 0.2) is 5.78 Å². The predicted molar refractivity (Wildman–Crippen MR) is 110 cm³/mol. The molecule has 2 aromatic carbocycles. The van der Waals surface area contributed by atoms with Crippen molar-refractivity contribution in [1.29, 1.82) is 0 Å². The summed E-state index contributed by atoms with van der Waals surface area (Å²) >= 11 is 2.18. The van der Waals surface area contributed by atoms with Gasteiger partial charge in [-0.3, -0.25) is 9.59 Å². The summed E-state index contributed by atoms with van der Waals surface area (Å²) < 4.78 is 12.1. The van der Waals surface area contributed by atoms with Crippen molar-refractivity contribution in [2.24, 2.45) is 0 Å². The fraction of sp³-hybridized carbons (Fsp3) is 0.300. The summed E-state index contributed by atoms with van der Waals surface area (Å²) in [6.45, 7) is 4.79. The molecule has 138 valence electrons. The molecule has 1 amide bonds. The van der Waals surface area contributed by atoms with E-state index in [9.17, 15) is 9.59 Å². The number of ketones is 1. The molecule has 0 aliphatic carbocycles. The number of carbonyl (C=O) groups is 2. The molecule has 0 radical (unpaired) electrons. The molecule has 0 aliphatic rings. The van der Waals surface area contributed by atoms with Gasteiger partial charge >= 0.3 is 0 Å². The highest BCUT2D eigenvalue weighted by molar-refractivity contribution is 14.1. The van der Waals surface area contributed by atoms with Gasteiger partial charge in [-0.2, -0.15) is 0 Å². The van der Waals surface area contributed by atoms with Gasteiger partial charge in [-0.1, -0.05) is 12.1 Å². The third-order valence-corrected chi connectivity index (χ3v) is 4.30. The highest BCUT2D eigenvalue weighted by Gasteiger charge is 2.13. The van der Waals surface area contributed by atoms with Crippen molar-refractivity contribution >= 4 is 40.0 Å². The minimum absolute atomic E-state index is 0.0513. The Morgan fingerprint density at radius 2 is 1.65 bits per heavy atom. The molecule has 0 bridgehead atoms. The minimum atomic E-state index is -0.238. The number of hydrogen-bond donors (Lipinski definition) is 1. The Kier molecular flexibility index (Phi) is 7.90. The van der Waals surface area contributed by atoms with Gasteiger partial charge in [-0.05, 0) is 60.7 Å². The topological polar surface area (TPSA) is 64.6 Å². The maximum atomic E-state index is 12.3. The molecular weight excluding hydrogens is 445 g/mol. The van der Waals surface area contributed by atoms with E-state index in [1.54, 1.807) is 30.3 Å². The summed E-state index contributed by atoms with van der Waals surface area (Å²) in [6, 6.07) is 12.6. The number of halogens is 1. The number of carbonyl (C=O) groups excluding carboxylic acids is 2. The lowest BCUT2D eigenvalue weighted by atomic mass is 10.1. The van der Waals surface area contributed by atoms with Crippen LogP contribution >= 0.6 is 22.6 Å². The molecular formula is C20H22INO4. The van der Waals surface area contributed by atoms with E-state index in [1.165, 1.54) is 0 Å². The number of Topliss-reactive ketones (excluding diaryl/α,β-unsaturated/α-hetero) is 1. The lowest BCUT2D eigenvalue weighted by Gasteiger charge is -2.13. The maximum absolute atomic E-state index is 12.3. The van der Waals surface area contributed by atoms with Crippen LogP contribution in [0.1, 0.15) is 37.0 Å². The number of anilines is 1. The number of nitrogens with one attached hydrogen (secondary N) is 1. The Morgan fingerprint density at radius 3 is 2.31 bits per heavy atom. The van der Waals surface area contributed by atoms with Crippen molar-refractivity contribution in [3.8, 4) is 11.5 Å². The number of ether oxygens (including phenoxy) is 2. The van der Waals surface area contributed by atoms with Crippen LogP contribution in [0.2, 0.25) is 0 Å². The van der Waals surface area contributed by atoms with Crippen LogP contribution in [0.25, 0.3) is 0 Å². The SMILES string of the molecule is CCOc1ccc(OCC)c(NC(=O)CCC(=O)c2ccc(I)cc2)c1. The average Bonchev–Trinajstić information content (AvgIpc) is 2.63. The fourth-order valence-corrected chi connectivity index (χ4v) is 2.72. The van der Waals surface area contributed by atoms with E-state index < -0.39 is 0 Å². The van der Waals surface area contributed by atoms with Crippen LogP contribution in [0.15, 0.2) is 42.5 Å². The summed E-state index contributed by atoms with van der Waals surface area (Å²) in [4.78, 5) is 24.5. The van der Waals surface area contributed by atoms with Crippen LogP contribution in [0.3, 0.4) is 0 Å². The zero-order valence-corrected chi connectivity index (χ0v) is 17.0. The van der Waals surface area contributed by atoms with Gasteiger partial charge in [-0.25, -0.2) is 0 Å². The quantitative estimate of drug-likeness (QED) is 0.430. The Morgan fingerprint density at radius 1 is 0.962 bits per heavy atom. The predicted octanol–water partition coefficient (Wildman–Crippen LogP) is 4.69. The molecule has 0 saturated carbocycles. The molecule has 0 spiro atoms. The molecule has 0 unspecified atom stereocenters. The van der Waals surface area contributed by atoms with E-state index in [-0.39, 0.29) is 24.5 Å². The highest BCUT2D eigenvalue weighted by atomic mass is 127.